The molecule has 1 heterocycles. The molecular weight excluding hydrogens is 218 g/mol. The molecule has 1 aliphatic rings. The lowest BCUT2D eigenvalue weighted by Gasteiger charge is -2.33. The molecule has 12 heavy (non-hydrogen) atoms. The second-order valence-electron chi connectivity index (χ2n) is 3.37. The Hall–Kier alpha value is -0.0500. The third kappa shape index (κ3) is 2.47. The number of carbonyl (C=O) groups is 1. The van der Waals surface area contributed by atoms with Gasteiger partial charge < -0.3 is 4.90 Å². The van der Waals surface area contributed by atoms with Crippen LogP contribution in [0.3, 0.4) is 0 Å². The number of halogens is 1. The van der Waals surface area contributed by atoms with Crippen LogP contribution in [0, 0.1) is 0 Å². The number of likely N-dealkylation sites (tertiary alicyclic amines) is 1. The largest absolute Gasteiger partial charge is 0.340 e. The molecule has 1 fully saturated rings. The average Bonchev–Trinajstić information content (AvgIpc) is 2.05. The van der Waals surface area contributed by atoms with Crippen molar-refractivity contribution in [2.24, 2.45) is 0 Å². The van der Waals surface area contributed by atoms with E-state index in [1.807, 2.05) is 4.90 Å². The Morgan fingerprint density at radius 2 is 2.33 bits per heavy atom. The van der Waals surface area contributed by atoms with Gasteiger partial charge in [-0.3, -0.25) is 4.79 Å². The molecular formula is C9H16BrNO. The van der Waals surface area contributed by atoms with Crippen molar-refractivity contribution in [2.45, 2.75) is 38.6 Å². The maximum atomic E-state index is 11.5. The highest BCUT2D eigenvalue weighted by molar-refractivity contribution is 9.09. The van der Waals surface area contributed by atoms with Crippen LogP contribution in [0.25, 0.3) is 0 Å². The summed E-state index contributed by atoms with van der Waals surface area (Å²) in [6.07, 6.45) is 4.27. The van der Waals surface area contributed by atoms with Gasteiger partial charge in [-0.25, -0.2) is 0 Å². The molecule has 0 aromatic carbocycles. The summed E-state index contributed by atoms with van der Waals surface area (Å²) in [6.45, 7) is 3.11. The summed E-state index contributed by atoms with van der Waals surface area (Å²) < 4.78 is 0. The highest BCUT2D eigenvalue weighted by Gasteiger charge is 2.21. The van der Waals surface area contributed by atoms with Gasteiger partial charge in [0.15, 0.2) is 0 Å². The van der Waals surface area contributed by atoms with E-state index < -0.39 is 0 Å². The van der Waals surface area contributed by atoms with Crippen LogP contribution < -0.4 is 0 Å². The van der Waals surface area contributed by atoms with Crippen LogP contribution in [0.1, 0.15) is 32.6 Å². The molecule has 0 N–H and O–H groups in total. The number of carbonyl (C=O) groups excluding carboxylic acids is 1. The van der Waals surface area contributed by atoms with E-state index in [4.69, 9.17) is 0 Å². The van der Waals surface area contributed by atoms with Gasteiger partial charge in [-0.2, -0.15) is 0 Å². The van der Waals surface area contributed by atoms with E-state index in [1.165, 1.54) is 19.3 Å². The predicted octanol–water partition coefficient (Wildman–Crippen LogP) is 2.17. The molecule has 1 aliphatic heterocycles. The monoisotopic (exact) mass is 233 g/mol. The van der Waals surface area contributed by atoms with Gasteiger partial charge in [0, 0.05) is 24.3 Å². The van der Waals surface area contributed by atoms with Gasteiger partial charge in [-0.1, -0.05) is 15.9 Å². The van der Waals surface area contributed by atoms with E-state index in [-0.39, 0.29) is 0 Å². The summed E-state index contributed by atoms with van der Waals surface area (Å²) in [6, 6.07) is 0.463. The van der Waals surface area contributed by atoms with Crippen molar-refractivity contribution in [3.05, 3.63) is 0 Å². The maximum absolute atomic E-state index is 11.5. The fraction of sp³-hybridized carbons (Fsp3) is 0.889. The molecule has 0 saturated carbocycles. The Morgan fingerprint density at radius 1 is 1.58 bits per heavy atom. The van der Waals surface area contributed by atoms with Crippen molar-refractivity contribution in [3.8, 4) is 0 Å². The molecule has 0 bridgehead atoms. The zero-order valence-electron chi connectivity index (χ0n) is 7.55. The van der Waals surface area contributed by atoms with Gasteiger partial charge in [0.1, 0.15) is 0 Å². The topological polar surface area (TPSA) is 20.3 Å². The average molecular weight is 234 g/mol. The van der Waals surface area contributed by atoms with Gasteiger partial charge in [0.2, 0.25) is 5.91 Å². The summed E-state index contributed by atoms with van der Waals surface area (Å²) in [5.41, 5.74) is 0. The highest BCUT2D eigenvalue weighted by atomic mass is 79.9. The molecule has 0 aromatic rings. The molecule has 1 amide bonds. The van der Waals surface area contributed by atoms with Crippen LogP contribution in [0.15, 0.2) is 0 Å². The standard InChI is InChI=1S/C9H16BrNO/c1-8-4-2-3-7-11(8)9(12)5-6-10/h8H,2-7H2,1H3. The summed E-state index contributed by atoms with van der Waals surface area (Å²) in [5.74, 6) is 0.305. The Bertz CT molecular complexity index is 161. The Labute approximate surface area is 82.4 Å². The van der Waals surface area contributed by atoms with Crippen LogP contribution in [-0.4, -0.2) is 28.7 Å². The molecule has 0 spiro atoms. The van der Waals surface area contributed by atoms with E-state index in [9.17, 15) is 4.79 Å². The lowest BCUT2D eigenvalue weighted by molar-refractivity contribution is -0.133. The van der Waals surface area contributed by atoms with Crippen LogP contribution in [0.5, 0.6) is 0 Å². The number of rotatable bonds is 2. The SMILES string of the molecule is CC1CCCCN1C(=O)CCBr. The number of alkyl halides is 1. The van der Waals surface area contributed by atoms with Crippen LogP contribution in [0.4, 0.5) is 0 Å². The second kappa shape index (κ2) is 4.85. The molecule has 1 unspecified atom stereocenters. The van der Waals surface area contributed by atoms with Gasteiger partial charge in [0.25, 0.3) is 0 Å². The van der Waals surface area contributed by atoms with E-state index in [0.29, 0.717) is 18.4 Å². The van der Waals surface area contributed by atoms with E-state index >= 15 is 0 Å². The second-order valence-corrected chi connectivity index (χ2v) is 4.16. The summed E-state index contributed by atoms with van der Waals surface area (Å²) in [5, 5.41) is 0.787. The normalized spacial score (nSPS) is 24.2. The predicted molar refractivity (Wildman–Crippen MR) is 53.4 cm³/mol. The van der Waals surface area contributed by atoms with Crippen molar-refractivity contribution >= 4 is 21.8 Å². The highest BCUT2D eigenvalue weighted by Crippen LogP contribution is 2.17. The minimum absolute atomic E-state index is 0.305. The number of piperidine rings is 1. The quantitative estimate of drug-likeness (QED) is 0.670. The van der Waals surface area contributed by atoms with Crippen molar-refractivity contribution < 1.29 is 4.79 Å². The van der Waals surface area contributed by atoms with Gasteiger partial charge in [-0.05, 0) is 26.2 Å². The molecule has 1 rings (SSSR count). The molecule has 1 saturated heterocycles. The summed E-state index contributed by atoms with van der Waals surface area (Å²) >= 11 is 3.29. The van der Waals surface area contributed by atoms with E-state index in [0.717, 1.165) is 11.9 Å². The fourth-order valence-electron chi connectivity index (χ4n) is 1.69. The first-order valence-corrected chi connectivity index (χ1v) is 5.73. The minimum atomic E-state index is 0.305. The van der Waals surface area contributed by atoms with Crippen molar-refractivity contribution in [3.63, 3.8) is 0 Å². The number of nitrogens with zero attached hydrogens (tertiary/aromatic N) is 1. The molecule has 0 aliphatic carbocycles. The molecule has 1 atom stereocenters. The number of hydrogen-bond acceptors (Lipinski definition) is 1. The van der Waals surface area contributed by atoms with Crippen molar-refractivity contribution in [2.75, 3.05) is 11.9 Å². The Balaban J connectivity index is 2.42. The van der Waals surface area contributed by atoms with Crippen molar-refractivity contribution in [1.82, 2.24) is 4.90 Å². The Kier molecular flexibility index (Phi) is 4.06. The first-order valence-electron chi connectivity index (χ1n) is 4.61. The smallest absolute Gasteiger partial charge is 0.223 e. The van der Waals surface area contributed by atoms with E-state index in [1.54, 1.807) is 0 Å². The minimum Gasteiger partial charge on any atom is -0.340 e. The molecule has 0 radical (unpaired) electrons. The number of hydrogen-bond donors (Lipinski definition) is 0. The van der Waals surface area contributed by atoms with Gasteiger partial charge >= 0.3 is 0 Å². The lowest BCUT2D eigenvalue weighted by atomic mass is 10.0. The van der Waals surface area contributed by atoms with Crippen LogP contribution in [-0.2, 0) is 4.79 Å². The fourth-order valence-corrected chi connectivity index (χ4v) is 2.03. The lowest BCUT2D eigenvalue weighted by Crippen LogP contribution is -2.42. The maximum Gasteiger partial charge on any atom is 0.223 e. The first kappa shape index (κ1) is 10.0. The van der Waals surface area contributed by atoms with Gasteiger partial charge in [-0.15, -0.1) is 0 Å². The number of amides is 1. The Morgan fingerprint density at radius 3 is 2.92 bits per heavy atom. The first-order chi connectivity index (χ1) is 5.75. The third-order valence-corrected chi connectivity index (χ3v) is 2.83. The van der Waals surface area contributed by atoms with E-state index in [2.05, 4.69) is 22.9 Å². The molecule has 2 nitrogen and oxygen atoms in total. The van der Waals surface area contributed by atoms with Gasteiger partial charge in [0.05, 0.1) is 0 Å². The third-order valence-electron chi connectivity index (χ3n) is 2.43. The molecule has 3 heteroatoms. The molecule has 70 valence electrons. The summed E-state index contributed by atoms with van der Waals surface area (Å²) in [7, 11) is 0. The van der Waals surface area contributed by atoms with Crippen molar-refractivity contribution in [1.29, 1.82) is 0 Å². The molecule has 0 aromatic heterocycles. The van der Waals surface area contributed by atoms with Crippen LogP contribution >= 0.6 is 15.9 Å². The summed E-state index contributed by atoms with van der Waals surface area (Å²) in [4.78, 5) is 13.5. The zero-order valence-corrected chi connectivity index (χ0v) is 9.14. The zero-order chi connectivity index (χ0) is 8.97. The van der Waals surface area contributed by atoms with Crippen LogP contribution in [0.2, 0.25) is 0 Å².